The highest BCUT2D eigenvalue weighted by Crippen LogP contribution is 2.11. The zero-order valence-corrected chi connectivity index (χ0v) is 5.44. The van der Waals surface area contributed by atoms with Gasteiger partial charge in [0.2, 0.25) is 0 Å². The van der Waals surface area contributed by atoms with Gasteiger partial charge < -0.3 is 5.32 Å². The van der Waals surface area contributed by atoms with Crippen molar-refractivity contribution in [3.05, 3.63) is 29.3 Å². The molecule has 0 aliphatic rings. The van der Waals surface area contributed by atoms with Gasteiger partial charge in [0.15, 0.2) is 0 Å². The third-order valence-corrected chi connectivity index (χ3v) is 1.24. The second-order valence-electron chi connectivity index (χ2n) is 1.63. The summed E-state index contributed by atoms with van der Waals surface area (Å²) in [5, 5.41) is 2.94. The first-order valence-electron chi connectivity index (χ1n) is 4.01. The first-order valence-corrected chi connectivity index (χ1v) is 2.89. The lowest BCUT2D eigenvalue weighted by Crippen LogP contribution is -1.84. The van der Waals surface area contributed by atoms with Crippen molar-refractivity contribution in [3.8, 4) is 0 Å². The fraction of sp³-hybridized carbons (Fsp3) is 0.143. The minimum atomic E-state index is -2.15. The molecule has 0 aromatic heterocycles. The lowest BCUT2D eigenvalue weighted by atomic mass is 10.3. The van der Waals surface area contributed by atoms with Crippen LogP contribution >= 0.6 is 11.6 Å². The molecule has 1 aromatic carbocycles. The maximum Gasteiger partial charge on any atom is 0.0453 e. The lowest BCUT2D eigenvalue weighted by molar-refractivity contribution is 1.51. The highest BCUT2D eigenvalue weighted by Gasteiger charge is 1.85. The lowest BCUT2D eigenvalue weighted by Gasteiger charge is -1.96. The van der Waals surface area contributed by atoms with Gasteiger partial charge >= 0.3 is 0 Å². The molecule has 0 fully saturated rings. The Morgan fingerprint density at radius 2 is 2.11 bits per heavy atom. The predicted octanol–water partition coefficient (Wildman–Crippen LogP) is 2.38. The van der Waals surface area contributed by atoms with E-state index in [4.69, 9.17) is 15.7 Å². The van der Waals surface area contributed by atoms with E-state index >= 15 is 0 Å². The standard InChI is InChI=1S/C7H8ClN/c1-9-7-4-2-6(8)3-5-7/h2-5,9H,1H3/i1D3. The van der Waals surface area contributed by atoms with Crippen molar-refractivity contribution in [1.82, 2.24) is 0 Å². The molecule has 0 heterocycles. The topological polar surface area (TPSA) is 12.0 Å². The smallest absolute Gasteiger partial charge is 0.0453 e. The fourth-order valence-electron chi connectivity index (χ4n) is 0.533. The van der Waals surface area contributed by atoms with Crippen LogP contribution in [0, 0.1) is 0 Å². The van der Waals surface area contributed by atoms with E-state index in [0.717, 1.165) is 0 Å². The van der Waals surface area contributed by atoms with Crippen molar-refractivity contribution in [2.24, 2.45) is 0 Å². The summed E-state index contributed by atoms with van der Waals surface area (Å²) in [7, 11) is 0. The summed E-state index contributed by atoms with van der Waals surface area (Å²) in [5.41, 5.74) is 0.541. The number of rotatable bonds is 1. The summed E-state index contributed by atoms with van der Waals surface area (Å²) in [4.78, 5) is 0. The molecule has 2 heteroatoms. The zero-order chi connectivity index (χ0) is 9.19. The van der Waals surface area contributed by atoms with Gasteiger partial charge in [0, 0.05) is 21.8 Å². The van der Waals surface area contributed by atoms with E-state index in [9.17, 15) is 0 Å². The van der Waals surface area contributed by atoms with Gasteiger partial charge in [-0.15, -0.1) is 0 Å². The third-order valence-electron chi connectivity index (χ3n) is 0.989. The summed E-state index contributed by atoms with van der Waals surface area (Å²) < 4.78 is 20.7. The van der Waals surface area contributed by atoms with Crippen LogP contribution in [0.25, 0.3) is 0 Å². The Bertz CT molecular complexity index is 254. The monoisotopic (exact) mass is 144 g/mol. The normalized spacial score (nSPS) is 15.4. The largest absolute Gasteiger partial charge is 0.388 e. The summed E-state index contributed by atoms with van der Waals surface area (Å²) in [6, 6.07) is 6.51. The van der Waals surface area contributed by atoms with Gasteiger partial charge in [-0.1, -0.05) is 11.6 Å². The SMILES string of the molecule is [2H]C([2H])([2H])Nc1ccc(Cl)cc1. The number of anilines is 1. The Morgan fingerprint density at radius 3 is 2.67 bits per heavy atom. The first kappa shape index (κ1) is 3.47. The zero-order valence-electron chi connectivity index (χ0n) is 7.69. The van der Waals surface area contributed by atoms with Crippen molar-refractivity contribution in [3.63, 3.8) is 0 Å². The number of hydrogen-bond donors (Lipinski definition) is 1. The molecule has 0 amide bonds. The molecular formula is C7H8ClN. The third kappa shape index (κ3) is 1.61. The van der Waals surface area contributed by atoms with Gasteiger partial charge in [-0.3, -0.25) is 0 Å². The molecule has 0 unspecified atom stereocenters. The van der Waals surface area contributed by atoms with E-state index in [1.165, 1.54) is 0 Å². The van der Waals surface area contributed by atoms with Crippen molar-refractivity contribution in [2.75, 3.05) is 12.3 Å². The first-order chi connectivity index (χ1) is 5.47. The van der Waals surface area contributed by atoms with Crippen molar-refractivity contribution >= 4 is 17.3 Å². The van der Waals surface area contributed by atoms with Crippen molar-refractivity contribution in [2.45, 2.75) is 0 Å². The molecular weight excluding hydrogens is 134 g/mol. The van der Waals surface area contributed by atoms with Gasteiger partial charge in [0.25, 0.3) is 0 Å². The average molecular weight is 145 g/mol. The minimum absolute atomic E-state index is 0.541. The molecule has 0 bridgehead atoms. The quantitative estimate of drug-likeness (QED) is 0.638. The van der Waals surface area contributed by atoms with E-state index in [-0.39, 0.29) is 0 Å². The molecule has 1 nitrogen and oxygen atoms in total. The average Bonchev–Trinajstić information content (AvgIpc) is 1.91. The van der Waals surface area contributed by atoms with Crippen LogP contribution in [0.4, 0.5) is 5.69 Å². The van der Waals surface area contributed by atoms with Crippen LogP contribution in [-0.4, -0.2) is 6.98 Å². The van der Waals surface area contributed by atoms with Gasteiger partial charge in [-0.2, -0.15) is 0 Å². The molecule has 1 rings (SSSR count). The van der Waals surface area contributed by atoms with Gasteiger partial charge in [-0.05, 0) is 24.3 Å². The molecule has 0 spiro atoms. The second-order valence-corrected chi connectivity index (χ2v) is 2.07. The maximum atomic E-state index is 6.91. The fourth-order valence-corrected chi connectivity index (χ4v) is 0.659. The number of halogens is 1. The van der Waals surface area contributed by atoms with Crippen LogP contribution in [0.2, 0.25) is 5.02 Å². The number of benzene rings is 1. The number of hydrogen-bond acceptors (Lipinski definition) is 1. The van der Waals surface area contributed by atoms with Crippen LogP contribution in [0.1, 0.15) is 4.11 Å². The van der Waals surface area contributed by atoms with E-state index in [1.807, 2.05) is 0 Å². The summed E-state index contributed by atoms with van der Waals surface area (Å²) in [5.74, 6) is 0. The Balaban J connectivity index is 2.71. The molecule has 9 heavy (non-hydrogen) atoms. The summed E-state index contributed by atoms with van der Waals surface area (Å²) in [6.07, 6.45) is 0. The highest BCUT2D eigenvalue weighted by atomic mass is 35.5. The van der Waals surface area contributed by atoms with Gasteiger partial charge in [-0.25, -0.2) is 0 Å². The van der Waals surface area contributed by atoms with Crippen LogP contribution in [0.15, 0.2) is 24.3 Å². The van der Waals surface area contributed by atoms with Crippen LogP contribution in [0.5, 0.6) is 0 Å². The summed E-state index contributed by atoms with van der Waals surface area (Å²) >= 11 is 5.61. The molecule has 1 aromatic rings. The second kappa shape index (κ2) is 2.74. The van der Waals surface area contributed by atoms with Crippen LogP contribution in [0.3, 0.4) is 0 Å². The molecule has 0 saturated heterocycles. The van der Waals surface area contributed by atoms with Gasteiger partial charge in [0.1, 0.15) is 0 Å². The Labute approximate surface area is 63.9 Å². The molecule has 48 valence electrons. The maximum absolute atomic E-state index is 6.91. The van der Waals surface area contributed by atoms with Crippen molar-refractivity contribution < 1.29 is 4.11 Å². The molecule has 0 atom stereocenters. The predicted molar refractivity (Wildman–Crippen MR) is 41.0 cm³/mol. The molecule has 0 saturated carbocycles. The molecule has 0 aliphatic heterocycles. The van der Waals surface area contributed by atoms with Gasteiger partial charge in [0.05, 0.1) is 0 Å². The van der Waals surface area contributed by atoms with Crippen LogP contribution in [-0.2, 0) is 0 Å². The minimum Gasteiger partial charge on any atom is -0.388 e. The Morgan fingerprint density at radius 1 is 1.44 bits per heavy atom. The number of nitrogens with one attached hydrogen (secondary N) is 1. The molecule has 1 N–H and O–H groups in total. The van der Waals surface area contributed by atoms with E-state index < -0.39 is 6.98 Å². The summed E-state index contributed by atoms with van der Waals surface area (Å²) in [6.45, 7) is -2.15. The van der Waals surface area contributed by atoms with E-state index in [0.29, 0.717) is 10.7 Å². The molecule has 0 radical (unpaired) electrons. The highest BCUT2D eigenvalue weighted by molar-refractivity contribution is 6.30. The van der Waals surface area contributed by atoms with E-state index in [2.05, 4.69) is 5.32 Å². The molecule has 0 aliphatic carbocycles. The Kier molecular flexibility index (Phi) is 1.06. The Hall–Kier alpha value is -0.690. The van der Waals surface area contributed by atoms with Crippen LogP contribution < -0.4 is 5.32 Å². The van der Waals surface area contributed by atoms with E-state index in [1.54, 1.807) is 24.3 Å². The van der Waals surface area contributed by atoms with Crippen molar-refractivity contribution in [1.29, 1.82) is 0 Å².